The van der Waals surface area contributed by atoms with Crippen LogP contribution in [0.15, 0.2) is 48.5 Å². The number of anilines is 2. The number of rotatable bonds is 8. The van der Waals surface area contributed by atoms with E-state index in [1.165, 1.54) is 0 Å². The maximum Gasteiger partial charge on any atom is 0.238 e. The van der Waals surface area contributed by atoms with Crippen molar-refractivity contribution in [2.75, 3.05) is 23.8 Å². The number of hydrogen-bond acceptors (Lipinski definition) is 4. The Morgan fingerprint density at radius 2 is 1.80 bits per heavy atom. The first-order chi connectivity index (χ1) is 12.1. The van der Waals surface area contributed by atoms with E-state index in [-0.39, 0.29) is 18.4 Å². The van der Waals surface area contributed by atoms with E-state index in [1.807, 2.05) is 43.3 Å². The molecule has 0 aliphatic carbocycles. The number of hydrogen-bond donors (Lipinski definition) is 3. The van der Waals surface area contributed by atoms with E-state index < -0.39 is 0 Å². The summed E-state index contributed by atoms with van der Waals surface area (Å²) in [5, 5.41) is 5.53. The average Bonchev–Trinajstić information content (AvgIpc) is 2.62. The van der Waals surface area contributed by atoms with Gasteiger partial charge in [0.15, 0.2) is 0 Å². The highest BCUT2D eigenvalue weighted by Gasteiger charge is 2.07. The van der Waals surface area contributed by atoms with E-state index in [0.717, 1.165) is 11.3 Å². The summed E-state index contributed by atoms with van der Waals surface area (Å²) in [4.78, 5) is 23.4. The zero-order valence-electron chi connectivity index (χ0n) is 14.2. The van der Waals surface area contributed by atoms with Gasteiger partial charge in [-0.2, -0.15) is 0 Å². The Labute approximate surface area is 147 Å². The Kier molecular flexibility index (Phi) is 6.98. The predicted octanol–water partition coefficient (Wildman–Crippen LogP) is 2.69. The minimum absolute atomic E-state index is 0.0863. The lowest BCUT2D eigenvalue weighted by Crippen LogP contribution is -2.22. The standard InChI is InChI=1S/C19H23N3O3/c1-14-9-10-15(21-19(24)13-20)12-17(14)22-18(23)8-5-11-25-16-6-3-2-4-7-16/h2-4,6-7,9-10,12H,5,8,11,13,20H2,1H3,(H,21,24)(H,22,23). The summed E-state index contributed by atoms with van der Waals surface area (Å²) in [6.45, 7) is 2.28. The van der Waals surface area contributed by atoms with Gasteiger partial charge in [-0.1, -0.05) is 24.3 Å². The summed E-state index contributed by atoms with van der Waals surface area (Å²) in [5.74, 6) is 0.420. The third-order valence-electron chi connectivity index (χ3n) is 3.54. The van der Waals surface area contributed by atoms with Gasteiger partial charge in [0.05, 0.1) is 13.2 Å². The molecule has 0 atom stereocenters. The number of ether oxygens (including phenoxy) is 1. The molecule has 0 radical (unpaired) electrons. The van der Waals surface area contributed by atoms with Crippen molar-refractivity contribution in [3.63, 3.8) is 0 Å². The van der Waals surface area contributed by atoms with Gasteiger partial charge in [-0.3, -0.25) is 9.59 Å². The lowest BCUT2D eigenvalue weighted by molar-refractivity contribution is -0.116. The van der Waals surface area contributed by atoms with Crippen LogP contribution in [0.2, 0.25) is 0 Å². The molecule has 6 heteroatoms. The van der Waals surface area contributed by atoms with Crippen molar-refractivity contribution in [1.29, 1.82) is 0 Å². The van der Waals surface area contributed by atoms with Crippen LogP contribution in [-0.4, -0.2) is 25.0 Å². The van der Waals surface area contributed by atoms with Crippen molar-refractivity contribution in [3.05, 3.63) is 54.1 Å². The lowest BCUT2D eigenvalue weighted by atomic mass is 10.1. The fourth-order valence-corrected chi connectivity index (χ4v) is 2.20. The quantitative estimate of drug-likeness (QED) is 0.644. The molecular formula is C19H23N3O3. The smallest absolute Gasteiger partial charge is 0.238 e. The van der Waals surface area contributed by atoms with Gasteiger partial charge in [-0.05, 0) is 43.2 Å². The number of nitrogens with one attached hydrogen (secondary N) is 2. The molecule has 25 heavy (non-hydrogen) atoms. The molecule has 0 bridgehead atoms. The van der Waals surface area contributed by atoms with Crippen molar-refractivity contribution < 1.29 is 14.3 Å². The van der Waals surface area contributed by atoms with Gasteiger partial charge >= 0.3 is 0 Å². The number of para-hydroxylation sites is 1. The Balaban J connectivity index is 1.81. The zero-order chi connectivity index (χ0) is 18.1. The van der Waals surface area contributed by atoms with Gasteiger partial charge in [0.1, 0.15) is 5.75 Å². The molecule has 6 nitrogen and oxygen atoms in total. The van der Waals surface area contributed by atoms with Crippen LogP contribution >= 0.6 is 0 Å². The van der Waals surface area contributed by atoms with E-state index in [1.54, 1.807) is 12.1 Å². The van der Waals surface area contributed by atoms with Crippen molar-refractivity contribution in [1.82, 2.24) is 0 Å². The molecule has 0 saturated heterocycles. The maximum atomic E-state index is 12.1. The van der Waals surface area contributed by atoms with Gasteiger partial charge in [-0.15, -0.1) is 0 Å². The molecule has 2 amide bonds. The Morgan fingerprint density at radius 1 is 1.04 bits per heavy atom. The first-order valence-electron chi connectivity index (χ1n) is 8.17. The second-order valence-electron chi connectivity index (χ2n) is 5.60. The summed E-state index contributed by atoms with van der Waals surface area (Å²) < 4.78 is 5.57. The van der Waals surface area contributed by atoms with Crippen LogP contribution in [0.5, 0.6) is 5.75 Å². The molecule has 2 aromatic rings. The largest absolute Gasteiger partial charge is 0.494 e. The predicted molar refractivity (Wildman–Crippen MR) is 98.7 cm³/mol. The molecule has 0 heterocycles. The third-order valence-corrected chi connectivity index (χ3v) is 3.54. The van der Waals surface area contributed by atoms with Crippen molar-refractivity contribution in [2.45, 2.75) is 19.8 Å². The van der Waals surface area contributed by atoms with E-state index in [9.17, 15) is 9.59 Å². The summed E-state index contributed by atoms with van der Waals surface area (Å²) in [6.07, 6.45) is 0.967. The van der Waals surface area contributed by atoms with Crippen molar-refractivity contribution in [2.24, 2.45) is 5.73 Å². The highest BCUT2D eigenvalue weighted by molar-refractivity contribution is 5.95. The van der Waals surface area contributed by atoms with Crippen LogP contribution < -0.4 is 21.1 Å². The second kappa shape index (κ2) is 9.44. The second-order valence-corrected chi connectivity index (χ2v) is 5.60. The number of carbonyl (C=O) groups excluding carboxylic acids is 2. The molecule has 0 spiro atoms. The van der Waals surface area contributed by atoms with E-state index in [2.05, 4.69) is 10.6 Å². The van der Waals surface area contributed by atoms with Crippen LogP contribution in [0.1, 0.15) is 18.4 Å². The molecule has 0 aliphatic heterocycles. The molecule has 0 fully saturated rings. The first kappa shape index (κ1) is 18.5. The summed E-state index contributed by atoms with van der Waals surface area (Å²) in [5.41, 5.74) is 7.47. The van der Waals surface area contributed by atoms with E-state index >= 15 is 0 Å². The van der Waals surface area contributed by atoms with Gasteiger partial charge in [-0.25, -0.2) is 0 Å². The topological polar surface area (TPSA) is 93.5 Å². The first-order valence-corrected chi connectivity index (χ1v) is 8.17. The van der Waals surface area contributed by atoms with Gasteiger partial charge in [0, 0.05) is 17.8 Å². The fraction of sp³-hybridized carbons (Fsp3) is 0.263. The highest BCUT2D eigenvalue weighted by Crippen LogP contribution is 2.20. The van der Waals surface area contributed by atoms with Gasteiger partial charge in [0.25, 0.3) is 0 Å². The van der Waals surface area contributed by atoms with Crippen molar-refractivity contribution in [3.8, 4) is 5.75 Å². The normalized spacial score (nSPS) is 10.2. The lowest BCUT2D eigenvalue weighted by Gasteiger charge is -2.11. The highest BCUT2D eigenvalue weighted by atomic mass is 16.5. The van der Waals surface area contributed by atoms with E-state index in [4.69, 9.17) is 10.5 Å². The van der Waals surface area contributed by atoms with E-state index in [0.29, 0.717) is 30.8 Å². The van der Waals surface area contributed by atoms with Crippen LogP contribution in [-0.2, 0) is 9.59 Å². The minimum Gasteiger partial charge on any atom is -0.494 e. The minimum atomic E-state index is -0.279. The number of amides is 2. The summed E-state index contributed by atoms with van der Waals surface area (Å²) in [6, 6.07) is 14.8. The molecule has 0 aromatic heterocycles. The van der Waals surface area contributed by atoms with Crippen LogP contribution in [0.4, 0.5) is 11.4 Å². The molecule has 132 valence electrons. The maximum absolute atomic E-state index is 12.1. The SMILES string of the molecule is Cc1ccc(NC(=O)CN)cc1NC(=O)CCCOc1ccccc1. The van der Waals surface area contributed by atoms with Crippen LogP contribution in [0.3, 0.4) is 0 Å². The summed E-state index contributed by atoms with van der Waals surface area (Å²) in [7, 11) is 0. The average molecular weight is 341 g/mol. The molecule has 0 unspecified atom stereocenters. The molecular weight excluding hydrogens is 318 g/mol. The fourth-order valence-electron chi connectivity index (χ4n) is 2.20. The van der Waals surface area contributed by atoms with Gasteiger partial charge in [0.2, 0.25) is 11.8 Å². The monoisotopic (exact) mass is 341 g/mol. The number of aryl methyl sites for hydroxylation is 1. The number of carbonyl (C=O) groups is 2. The summed E-state index contributed by atoms with van der Waals surface area (Å²) >= 11 is 0. The Hall–Kier alpha value is -2.86. The zero-order valence-corrected chi connectivity index (χ0v) is 14.2. The van der Waals surface area contributed by atoms with Crippen LogP contribution in [0.25, 0.3) is 0 Å². The Bertz CT molecular complexity index is 717. The molecule has 4 N–H and O–H groups in total. The van der Waals surface area contributed by atoms with Gasteiger partial charge < -0.3 is 21.1 Å². The van der Waals surface area contributed by atoms with Crippen LogP contribution in [0, 0.1) is 6.92 Å². The van der Waals surface area contributed by atoms with Crippen molar-refractivity contribution >= 4 is 23.2 Å². The molecule has 0 aliphatic rings. The molecule has 0 saturated carbocycles. The Morgan fingerprint density at radius 3 is 2.52 bits per heavy atom. The number of benzene rings is 2. The molecule has 2 rings (SSSR count). The third kappa shape index (κ3) is 6.27. The number of nitrogens with two attached hydrogens (primary N) is 1. The molecule has 2 aromatic carbocycles.